The summed E-state index contributed by atoms with van der Waals surface area (Å²) < 4.78 is 16.3. The van der Waals surface area contributed by atoms with Crippen LogP contribution in [0.4, 0.5) is 0 Å². The van der Waals surface area contributed by atoms with Crippen LogP contribution in [-0.4, -0.2) is 82.4 Å². The minimum atomic E-state index is -0.346. The van der Waals surface area contributed by atoms with Gasteiger partial charge in [-0.3, -0.25) is 9.69 Å². The average Bonchev–Trinajstić information content (AvgIpc) is 2.69. The van der Waals surface area contributed by atoms with E-state index in [1.807, 2.05) is 23.1 Å². The summed E-state index contributed by atoms with van der Waals surface area (Å²) in [6, 6.07) is 5.33. The summed E-state index contributed by atoms with van der Waals surface area (Å²) >= 11 is 0. The lowest BCUT2D eigenvalue weighted by Gasteiger charge is -2.38. The van der Waals surface area contributed by atoms with Crippen molar-refractivity contribution in [3.8, 4) is 11.5 Å². The van der Waals surface area contributed by atoms with Gasteiger partial charge in [0.25, 0.3) is 0 Å². The number of hydrogen-bond donors (Lipinski definition) is 1. The largest absolute Gasteiger partial charge is 0.497 e. The Balaban J connectivity index is 1.94. The van der Waals surface area contributed by atoms with Crippen molar-refractivity contribution in [2.24, 2.45) is 0 Å². The number of nitrogens with zero attached hydrogens (tertiary/aromatic N) is 2. The van der Waals surface area contributed by atoms with Gasteiger partial charge in [-0.1, -0.05) is 0 Å². The Hall–Kier alpha value is -1.83. The molecule has 1 atom stereocenters. The molecule has 0 saturated carbocycles. The molecule has 0 aliphatic carbocycles. The second-order valence-electron chi connectivity index (χ2n) is 6.23. The number of amides is 1. The lowest BCUT2D eigenvalue weighted by Crippen LogP contribution is -2.52. The first-order chi connectivity index (χ1) is 12.2. The van der Waals surface area contributed by atoms with E-state index in [4.69, 9.17) is 14.2 Å². The van der Waals surface area contributed by atoms with Crippen molar-refractivity contribution in [1.82, 2.24) is 15.1 Å². The zero-order chi connectivity index (χ0) is 17.6. The van der Waals surface area contributed by atoms with Crippen molar-refractivity contribution >= 4 is 5.91 Å². The van der Waals surface area contributed by atoms with E-state index in [1.165, 1.54) is 0 Å². The number of carbonyl (C=O) groups is 1. The average molecular weight is 349 g/mol. The molecule has 1 N–H and O–H groups in total. The number of methoxy groups -OCH3 is 2. The Morgan fingerprint density at radius 1 is 1.12 bits per heavy atom. The molecule has 2 aliphatic heterocycles. The van der Waals surface area contributed by atoms with Crippen LogP contribution >= 0.6 is 0 Å². The summed E-state index contributed by atoms with van der Waals surface area (Å²) in [4.78, 5) is 17.5. The number of morpholine rings is 1. The van der Waals surface area contributed by atoms with Crippen molar-refractivity contribution in [2.75, 3.05) is 66.7 Å². The van der Waals surface area contributed by atoms with Crippen LogP contribution in [0.15, 0.2) is 18.2 Å². The van der Waals surface area contributed by atoms with Gasteiger partial charge in [-0.05, 0) is 12.1 Å². The number of rotatable bonds is 5. The molecule has 0 radical (unpaired) electrons. The normalized spacial score (nSPS) is 20.2. The highest BCUT2D eigenvalue weighted by atomic mass is 16.5. The van der Waals surface area contributed by atoms with E-state index in [-0.39, 0.29) is 11.9 Å². The van der Waals surface area contributed by atoms with E-state index in [0.29, 0.717) is 32.1 Å². The molecule has 2 heterocycles. The molecular formula is C18H27N3O4. The van der Waals surface area contributed by atoms with Crippen LogP contribution in [0.3, 0.4) is 0 Å². The molecule has 2 saturated heterocycles. The zero-order valence-corrected chi connectivity index (χ0v) is 15.0. The minimum absolute atomic E-state index is 0.119. The molecule has 2 aliphatic rings. The van der Waals surface area contributed by atoms with E-state index >= 15 is 0 Å². The van der Waals surface area contributed by atoms with Crippen molar-refractivity contribution in [2.45, 2.75) is 6.04 Å². The molecule has 0 spiro atoms. The highest BCUT2D eigenvalue weighted by molar-refractivity contribution is 5.84. The quantitative estimate of drug-likeness (QED) is 0.836. The maximum absolute atomic E-state index is 13.3. The Morgan fingerprint density at radius 3 is 2.48 bits per heavy atom. The fourth-order valence-corrected chi connectivity index (χ4v) is 3.43. The topological polar surface area (TPSA) is 63.3 Å². The van der Waals surface area contributed by atoms with Crippen LogP contribution in [0.1, 0.15) is 11.6 Å². The van der Waals surface area contributed by atoms with Gasteiger partial charge in [-0.25, -0.2) is 0 Å². The van der Waals surface area contributed by atoms with Crippen LogP contribution in [0.5, 0.6) is 11.5 Å². The summed E-state index contributed by atoms with van der Waals surface area (Å²) in [6.07, 6.45) is 0. The number of carbonyl (C=O) groups excluding carboxylic acids is 1. The maximum atomic E-state index is 13.3. The Labute approximate surface area is 148 Å². The third-order valence-corrected chi connectivity index (χ3v) is 4.81. The number of nitrogens with one attached hydrogen (secondary N) is 1. The molecule has 1 amide bonds. The van der Waals surface area contributed by atoms with Crippen molar-refractivity contribution < 1.29 is 19.0 Å². The smallest absolute Gasteiger partial charge is 0.244 e. The molecule has 1 aromatic carbocycles. The SMILES string of the molecule is COc1ccc(C(C(=O)N2CCOCC2)N2CCNCC2)c(OC)c1. The van der Waals surface area contributed by atoms with Gasteiger partial charge in [0.05, 0.1) is 27.4 Å². The van der Waals surface area contributed by atoms with Gasteiger partial charge in [-0.2, -0.15) is 0 Å². The third-order valence-electron chi connectivity index (χ3n) is 4.81. The molecule has 25 heavy (non-hydrogen) atoms. The van der Waals surface area contributed by atoms with E-state index in [2.05, 4.69) is 10.2 Å². The van der Waals surface area contributed by atoms with Gasteiger partial charge in [0, 0.05) is 50.9 Å². The summed E-state index contributed by atoms with van der Waals surface area (Å²) in [5, 5.41) is 3.35. The first-order valence-electron chi connectivity index (χ1n) is 8.78. The van der Waals surface area contributed by atoms with E-state index in [9.17, 15) is 4.79 Å². The molecular weight excluding hydrogens is 322 g/mol. The second kappa shape index (κ2) is 8.51. The molecule has 0 bridgehead atoms. The van der Waals surface area contributed by atoms with Crippen LogP contribution in [0.25, 0.3) is 0 Å². The summed E-state index contributed by atoms with van der Waals surface area (Å²) in [6.45, 7) is 5.89. The zero-order valence-electron chi connectivity index (χ0n) is 15.0. The fraction of sp³-hybridized carbons (Fsp3) is 0.611. The van der Waals surface area contributed by atoms with Gasteiger partial charge < -0.3 is 24.4 Å². The number of hydrogen-bond acceptors (Lipinski definition) is 6. The van der Waals surface area contributed by atoms with Crippen LogP contribution in [-0.2, 0) is 9.53 Å². The Kier molecular flexibility index (Phi) is 6.12. The monoisotopic (exact) mass is 349 g/mol. The summed E-state index contributed by atoms with van der Waals surface area (Å²) in [5.41, 5.74) is 0.890. The third kappa shape index (κ3) is 4.05. The Morgan fingerprint density at radius 2 is 1.84 bits per heavy atom. The molecule has 0 aromatic heterocycles. The highest BCUT2D eigenvalue weighted by Gasteiger charge is 2.34. The summed E-state index contributed by atoms with van der Waals surface area (Å²) in [5.74, 6) is 1.52. The number of benzene rings is 1. The van der Waals surface area contributed by atoms with Gasteiger partial charge >= 0.3 is 0 Å². The molecule has 2 fully saturated rings. The maximum Gasteiger partial charge on any atom is 0.244 e. The lowest BCUT2D eigenvalue weighted by molar-refractivity contribution is -0.141. The van der Waals surface area contributed by atoms with Crippen LogP contribution < -0.4 is 14.8 Å². The van der Waals surface area contributed by atoms with E-state index in [1.54, 1.807) is 14.2 Å². The van der Waals surface area contributed by atoms with Gasteiger partial charge in [0.2, 0.25) is 5.91 Å². The molecule has 7 nitrogen and oxygen atoms in total. The first kappa shape index (κ1) is 18.0. The van der Waals surface area contributed by atoms with Gasteiger partial charge in [-0.15, -0.1) is 0 Å². The van der Waals surface area contributed by atoms with Crippen molar-refractivity contribution in [3.63, 3.8) is 0 Å². The predicted molar refractivity (Wildman–Crippen MR) is 94.1 cm³/mol. The highest BCUT2D eigenvalue weighted by Crippen LogP contribution is 2.34. The number of ether oxygens (including phenoxy) is 3. The predicted octanol–water partition coefficient (Wildman–Crippen LogP) is 0.509. The molecule has 1 aromatic rings. The first-order valence-corrected chi connectivity index (χ1v) is 8.78. The lowest BCUT2D eigenvalue weighted by atomic mass is 10.0. The molecule has 7 heteroatoms. The molecule has 3 rings (SSSR count). The minimum Gasteiger partial charge on any atom is -0.497 e. The van der Waals surface area contributed by atoms with Crippen molar-refractivity contribution in [3.05, 3.63) is 23.8 Å². The van der Waals surface area contributed by atoms with Crippen LogP contribution in [0, 0.1) is 0 Å². The molecule has 1 unspecified atom stereocenters. The standard InChI is InChI=1S/C18H27N3O4/c1-23-14-3-4-15(16(13-14)24-2)17(20-7-5-19-6-8-20)18(22)21-9-11-25-12-10-21/h3-4,13,17,19H,5-12H2,1-2H3. The van der Waals surface area contributed by atoms with Crippen LogP contribution in [0.2, 0.25) is 0 Å². The molecule has 138 valence electrons. The summed E-state index contributed by atoms with van der Waals surface area (Å²) in [7, 11) is 3.26. The fourth-order valence-electron chi connectivity index (χ4n) is 3.43. The Bertz CT molecular complexity index is 584. The van der Waals surface area contributed by atoms with E-state index < -0.39 is 0 Å². The number of piperazine rings is 1. The van der Waals surface area contributed by atoms with Crippen molar-refractivity contribution in [1.29, 1.82) is 0 Å². The van der Waals surface area contributed by atoms with Gasteiger partial charge in [0.15, 0.2) is 0 Å². The van der Waals surface area contributed by atoms with Gasteiger partial charge in [0.1, 0.15) is 17.5 Å². The van der Waals surface area contributed by atoms with E-state index in [0.717, 1.165) is 37.5 Å². The second-order valence-corrected chi connectivity index (χ2v) is 6.23.